The summed E-state index contributed by atoms with van der Waals surface area (Å²) >= 11 is 2.28. The minimum atomic E-state index is -3.54. The molecule has 1 saturated heterocycles. The molecule has 1 fully saturated rings. The van der Waals surface area contributed by atoms with Crippen molar-refractivity contribution in [2.75, 3.05) is 32.7 Å². The van der Waals surface area contributed by atoms with Crippen LogP contribution in [0.1, 0.15) is 16.1 Å². The molecule has 10 nitrogen and oxygen atoms in total. The van der Waals surface area contributed by atoms with E-state index < -0.39 is 10.1 Å². The maximum absolute atomic E-state index is 13.0. The van der Waals surface area contributed by atoms with E-state index in [2.05, 4.69) is 33.0 Å². The molecule has 2 amide bonds. The molecule has 2 heterocycles. The van der Waals surface area contributed by atoms with Crippen molar-refractivity contribution in [1.82, 2.24) is 20.0 Å². The third-order valence-corrected chi connectivity index (χ3v) is 6.58. The third-order valence-electron chi connectivity index (χ3n) is 5.11. The molecule has 0 atom stereocenters. The lowest BCUT2D eigenvalue weighted by molar-refractivity contribution is -0.118. The summed E-state index contributed by atoms with van der Waals surface area (Å²) in [7, 11) is -3.54. The minimum Gasteiger partial charge on any atom is -0.491 e. The molecule has 0 bridgehead atoms. The van der Waals surface area contributed by atoms with Crippen LogP contribution < -0.4 is 10.1 Å². The van der Waals surface area contributed by atoms with Crippen LogP contribution in [0.3, 0.4) is 0 Å². The van der Waals surface area contributed by atoms with E-state index in [4.69, 9.17) is 8.92 Å². The fraction of sp³-hybridized carbons (Fsp3) is 0.261. The molecule has 1 N–H and O–H groups in total. The molecule has 12 heteroatoms. The highest BCUT2D eigenvalue weighted by Crippen LogP contribution is 2.28. The van der Waals surface area contributed by atoms with Gasteiger partial charge in [0.2, 0.25) is 5.91 Å². The fourth-order valence-corrected chi connectivity index (χ4v) is 4.37. The Balaban J connectivity index is 1.67. The van der Waals surface area contributed by atoms with E-state index in [1.807, 2.05) is 30.3 Å². The van der Waals surface area contributed by atoms with E-state index in [0.717, 1.165) is 27.5 Å². The van der Waals surface area contributed by atoms with Gasteiger partial charge in [-0.25, -0.2) is 4.68 Å². The Labute approximate surface area is 216 Å². The first-order valence-electron chi connectivity index (χ1n) is 10.6. The second-order valence-corrected chi connectivity index (χ2v) is 10.2. The molecule has 0 unspecified atom stereocenters. The molecule has 35 heavy (non-hydrogen) atoms. The monoisotopic (exact) mass is 610 g/mol. The normalized spacial score (nSPS) is 13.7. The maximum Gasteiger partial charge on any atom is 0.276 e. The number of benzene rings is 2. The highest BCUT2D eigenvalue weighted by Gasteiger charge is 2.27. The molecule has 3 aromatic rings. The lowest BCUT2D eigenvalue weighted by Gasteiger charge is -2.11. The molecule has 0 spiro atoms. The van der Waals surface area contributed by atoms with Crippen LogP contribution in [-0.4, -0.2) is 67.6 Å². The van der Waals surface area contributed by atoms with Gasteiger partial charge in [0.15, 0.2) is 5.69 Å². The van der Waals surface area contributed by atoms with Crippen LogP contribution >= 0.6 is 22.6 Å². The molecule has 1 aliphatic rings. The lowest BCUT2D eigenvalue weighted by Crippen LogP contribution is -2.30. The number of amides is 2. The van der Waals surface area contributed by atoms with Crippen molar-refractivity contribution in [3.8, 4) is 22.7 Å². The number of rotatable bonds is 9. The average molecular weight is 610 g/mol. The standard InChI is InChI=1S/C23H23IN4O6S/c1-35(31,32)34-9-8-33-19-7-3-5-17(11-19)21-12-20(23(30)27-14-22(29)25-15-27)26-28(21)18-6-2-4-16(10-18)13-24/h2-7,10-12H,8-9,13-15H2,1H3,(H,25,29). The van der Waals surface area contributed by atoms with Crippen LogP contribution in [-0.2, 0) is 23.5 Å². The van der Waals surface area contributed by atoms with E-state index in [0.29, 0.717) is 11.4 Å². The number of carbonyl (C=O) groups is 2. The van der Waals surface area contributed by atoms with E-state index >= 15 is 0 Å². The number of ether oxygens (including phenoxy) is 1. The fourth-order valence-electron chi connectivity index (χ4n) is 3.52. The predicted molar refractivity (Wildman–Crippen MR) is 137 cm³/mol. The number of halogens is 1. The molecule has 4 rings (SSSR count). The number of carbonyl (C=O) groups excluding carboxylic acids is 2. The number of nitrogens with zero attached hydrogens (tertiary/aromatic N) is 3. The number of aromatic nitrogens is 2. The zero-order valence-corrected chi connectivity index (χ0v) is 21.8. The van der Waals surface area contributed by atoms with E-state index in [-0.39, 0.29) is 43.9 Å². The van der Waals surface area contributed by atoms with Crippen molar-refractivity contribution in [2.45, 2.75) is 4.43 Å². The van der Waals surface area contributed by atoms with Gasteiger partial charge in [-0.1, -0.05) is 46.9 Å². The van der Waals surface area contributed by atoms with Gasteiger partial charge < -0.3 is 15.0 Å². The smallest absolute Gasteiger partial charge is 0.276 e. The SMILES string of the molecule is CS(=O)(=O)OCCOc1cccc(-c2cc(C(=O)N3CNC(=O)C3)nn2-c2cccc(CI)c2)c1. The number of alkyl halides is 1. The molecule has 0 aliphatic carbocycles. The molecular formula is C23H23IN4O6S. The molecule has 0 saturated carbocycles. The molecule has 1 aliphatic heterocycles. The van der Waals surface area contributed by atoms with Gasteiger partial charge in [-0.15, -0.1) is 0 Å². The highest BCUT2D eigenvalue weighted by atomic mass is 127. The van der Waals surface area contributed by atoms with Gasteiger partial charge in [0.1, 0.15) is 25.5 Å². The molecule has 2 aromatic carbocycles. The van der Waals surface area contributed by atoms with Gasteiger partial charge in [0, 0.05) is 9.99 Å². The second kappa shape index (κ2) is 10.7. The Kier molecular flexibility index (Phi) is 7.72. The Morgan fingerprint density at radius 3 is 2.66 bits per heavy atom. The van der Waals surface area contributed by atoms with Crippen molar-refractivity contribution in [1.29, 1.82) is 0 Å². The zero-order chi connectivity index (χ0) is 25.0. The van der Waals surface area contributed by atoms with Gasteiger partial charge in [-0.2, -0.15) is 13.5 Å². The average Bonchev–Trinajstić information content (AvgIpc) is 3.48. The third kappa shape index (κ3) is 6.38. The Bertz CT molecular complexity index is 1360. The topological polar surface area (TPSA) is 120 Å². The Morgan fingerprint density at radius 1 is 1.14 bits per heavy atom. The molecule has 1 aromatic heterocycles. The van der Waals surface area contributed by atoms with Gasteiger partial charge in [-0.3, -0.25) is 13.8 Å². The van der Waals surface area contributed by atoms with Crippen molar-refractivity contribution in [2.24, 2.45) is 0 Å². The molecule has 0 radical (unpaired) electrons. The Morgan fingerprint density at radius 2 is 1.94 bits per heavy atom. The van der Waals surface area contributed by atoms with Crippen molar-refractivity contribution in [3.63, 3.8) is 0 Å². The first-order chi connectivity index (χ1) is 16.7. The van der Waals surface area contributed by atoms with Crippen LogP contribution in [0, 0.1) is 0 Å². The van der Waals surface area contributed by atoms with Crippen LogP contribution in [0.2, 0.25) is 0 Å². The second-order valence-electron chi connectivity index (χ2n) is 7.79. The van der Waals surface area contributed by atoms with Gasteiger partial charge in [0.25, 0.3) is 16.0 Å². The number of nitrogens with one attached hydrogen (secondary N) is 1. The van der Waals surface area contributed by atoms with Crippen LogP contribution in [0.4, 0.5) is 0 Å². The first kappa shape index (κ1) is 25.1. The summed E-state index contributed by atoms with van der Waals surface area (Å²) in [6.07, 6.45) is 0.981. The van der Waals surface area contributed by atoms with Gasteiger partial charge >= 0.3 is 0 Å². The molecular weight excluding hydrogens is 587 g/mol. The summed E-state index contributed by atoms with van der Waals surface area (Å²) in [5.74, 6) is -0.0493. The maximum atomic E-state index is 13.0. The first-order valence-corrected chi connectivity index (χ1v) is 14.0. The highest BCUT2D eigenvalue weighted by molar-refractivity contribution is 14.1. The van der Waals surface area contributed by atoms with Crippen LogP contribution in [0.15, 0.2) is 54.6 Å². The quantitative estimate of drug-likeness (QED) is 0.171. The summed E-state index contributed by atoms with van der Waals surface area (Å²) in [5.41, 5.74) is 3.51. The predicted octanol–water partition coefficient (Wildman–Crippen LogP) is 2.36. The number of hydrogen-bond acceptors (Lipinski definition) is 7. The zero-order valence-electron chi connectivity index (χ0n) is 18.8. The Hall–Kier alpha value is -2.97. The molecule has 184 valence electrons. The van der Waals surface area contributed by atoms with E-state index in [1.165, 1.54) is 4.90 Å². The summed E-state index contributed by atoms with van der Waals surface area (Å²) in [6.45, 7) is 0.0752. The summed E-state index contributed by atoms with van der Waals surface area (Å²) < 4.78 is 35.1. The number of hydrogen-bond donors (Lipinski definition) is 1. The van der Waals surface area contributed by atoms with Crippen molar-refractivity contribution >= 4 is 44.5 Å². The largest absolute Gasteiger partial charge is 0.491 e. The van der Waals surface area contributed by atoms with Gasteiger partial charge in [0.05, 0.1) is 24.3 Å². The van der Waals surface area contributed by atoms with Gasteiger partial charge in [-0.05, 0) is 35.9 Å². The summed E-state index contributed by atoms with van der Waals surface area (Å²) in [4.78, 5) is 26.0. The van der Waals surface area contributed by atoms with Crippen LogP contribution in [0.25, 0.3) is 16.9 Å². The summed E-state index contributed by atoms with van der Waals surface area (Å²) in [6, 6.07) is 16.7. The van der Waals surface area contributed by atoms with E-state index in [1.54, 1.807) is 28.9 Å². The van der Waals surface area contributed by atoms with Crippen molar-refractivity contribution in [3.05, 3.63) is 65.9 Å². The van der Waals surface area contributed by atoms with E-state index in [9.17, 15) is 18.0 Å². The summed E-state index contributed by atoms with van der Waals surface area (Å²) in [5, 5.41) is 7.22. The van der Waals surface area contributed by atoms with Crippen LogP contribution in [0.5, 0.6) is 5.75 Å². The van der Waals surface area contributed by atoms with Crippen molar-refractivity contribution < 1.29 is 26.9 Å². The lowest BCUT2D eigenvalue weighted by atomic mass is 10.1. The minimum absolute atomic E-state index is 0.00970.